The third-order valence-corrected chi connectivity index (χ3v) is 3.94. The number of hydrogen-bond acceptors (Lipinski definition) is 3. The quantitative estimate of drug-likeness (QED) is 0.851. The topological polar surface area (TPSA) is 56.0 Å². The van der Waals surface area contributed by atoms with E-state index in [-0.39, 0.29) is 18.0 Å². The van der Waals surface area contributed by atoms with E-state index in [4.69, 9.17) is 0 Å². The molecule has 1 aliphatic rings. The number of imidazole rings is 1. The number of aromatic nitrogens is 4. The van der Waals surface area contributed by atoms with Crippen LogP contribution in [-0.2, 0) is 4.79 Å². The van der Waals surface area contributed by atoms with Crippen LogP contribution in [0.15, 0.2) is 37.2 Å². The maximum Gasteiger partial charge on any atom is 0.245 e. The summed E-state index contributed by atoms with van der Waals surface area (Å²) in [5.74, 6) is 0.153. The summed E-state index contributed by atoms with van der Waals surface area (Å²) >= 11 is 0. The van der Waals surface area contributed by atoms with Crippen molar-refractivity contribution >= 4 is 5.91 Å². The van der Waals surface area contributed by atoms with Crippen LogP contribution in [0.3, 0.4) is 0 Å². The lowest BCUT2D eigenvalue weighted by Gasteiger charge is -2.34. The lowest BCUT2D eigenvalue weighted by atomic mass is 10.1. The van der Waals surface area contributed by atoms with Crippen molar-refractivity contribution in [2.75, 3.05) is 13.1 Å². The Balaban J connectivity index is 1.69. The molecular formula is C14H19N5O. The van der Waals surface area contributed by atoms with Crippen LogP contribution < -0.4 is 0 Å². The van der Waals surface area contributed by atoms with Gasteiger partial charge in [0.25, 0.3) is 0 Å². The van der Waals surface area contributed by atoms with Gasteiger partial charge in [0.2, 0.25) is 5.91 Å². The largest absolute Gasteiger partial charge is 0.339 e. The molecule has 3 heterocycles. The molecule has 106 valence electrons. The summed E-state index contributed by atoms with van der Waals surface area (Å²) in [4.78, 5) is 18.5. The molecule has 0 saturated carbocycles. The molecule has 6 nitrogen and oxygen atoms in total. The van der Waals surface area contributed by atoms with Gasteiger partial charge in [-0.3, -0.25) is 9.48 Å². The molecule has 0 unspecified atom stereocenters. The molecule has 0 N–H and O–H groups in total. The van der Waals surface area contributed by atoms with Gasteiger partial charge in [-0.1, -0.05) is 0 Å². The first kappa shape index (κ1) is 12.9. The molecule has 2 aromatic heterocycles. The van der Waals surface area contributed by atoms with Gasteiger partial charge in [-0.2, -0.15) is 5.10 Å². The summed E-state index contributed by atoms with van der Waals surface area (Å²) in [7, 11) is 0. The first-order valence-electron chi connectivity index (χ1n) is 7.01. The minimum Gasteiger partial charge on any atom is -0.339 e. The Morgan fingerprint density at radius 3 is 2.95 bits per heavy atom. The normalized spacial score (nSPS) is 20.9. The molecule has 0 aromatic carbocycles. The van der Waals surface area contributed by atoms with Crippen molar-refractivity contribution in [1.82, 2.24) is 24.2 Å². The molecule has 0 bridgehead atoms. The van der Waals surface area contributed by atoms with Crippen LogP contribution in [0, 0.1) is 0 Å². The Morgan fingerprint density at radius 1 is 1.35 bits per heavy atom. The van der Waals surface area contributed by atoms with Crippen molar-refractivity contribution < 1.29 is 4.79 Å². The Morgan fingerprint density at radius 2 is 2.25 bits per heavy atom. The molecule has 0 spiro atoms. The van der Waals surface area contributed by atoms with Gasteiger partial charge in [0.05, 0.1) is 12.4 Å². The van der Waals surface area contributed by atoms with Gasteiger partial charge < -0.3 is 9.47 Å². The molecule has 2 atom stereocenters. The number of hydrogen-bond donors (Lipinski definition) is 0. The van der Waals surface area contributed by atoms with Gasteiger partial charge >= 0.3 is 0 Å². The lowest BCUT2D eigenvalue weighted by molar-refractivity contribution is -0.136. The Bertz CT molecular complexity index is 548. The predicted octanol–water partition coefficient (Wildman–Crippen LogP) is 1.50. The first-order valence-corrected chi connectivity index (χ1v) is 7.01. The maximum absolute atomic E-state index is 12.6. The minimum absolute atomic E-state index is 0.153. The highest BCUT2D eigenvalue weighted by Crippen LogP contribution is 2.22. The predicted molar refractivity (Wildman–Crippen MR) is 74.0 cm³/mol. The Labute approximate surface area is 118 Å². The fourth-order valence-corrected chi connectivity index (χ4v) is 2.76. The number of piperidine rings is 1. The van der Waals surface area contributed by atoms with Crippen molar-refractivity contribution in [3.05, 3.63) is 37.2 Å². The van der Waals surface area contributed by atoms with Gasteiger partial charge in [-0.25, -0.2) is 4.98 Å². The van der Waals surface area contributed by atoms with Crippen LogP contribution >= 0.6 is 0 Å². The van der Waals surface area contributed by atoms with Crippen LogP contribution in [0.2, 0.25) is 0 Å². The summed E-state index contributed by atoms with van der Waals surface area (Å²) in [5.41, 5.74) is 0. The Kier molecular flexibility index (Phi) is 3.54. The molecule has 1 amide bonds. The van der Waals surface area contributed by atoms with Gasteiger partial charge in [-0.15, -0.1) is 0 Å². The van der Waals surface area contributed by atoms with E-state index in [1.165, 1.54) is 0 Å². The van der Waals surface area contributed by atoms with Crippen LogP contribution in [0.1, 0.15) is 31.8 Å². The van der Waals surface area contributed by atoms with E-state index in [0.29, 0.717) is 0 Å². The van der Waals surface area contributed by atoms with Gasteiger partial charge in [0.15, 0.2) is 0 Å². The zero-order valence-corrected chi connectivity index (χ0v) is 11.6. The zero-order chi connectivity index (χ0) is 13.9. The number of likely N-dealkylation sites (tertiary alicyclic amines) is 1. The average molecular weight is 273 g/mol. The van der Waals surface area contributed by atoms with Crippen molar-refractivity contribution in [3.63, 3.8) is 0 Å². The molecule has 0 radical (unpaired) electrons. The van der Waals surface area contributed by atoms with E-state index in [1.54, 1.807) is 18.7 Å². The fraction of sp³-hybridized carbons (Fsp3) is 0.500. The maximum atomic E-state index is 12.6. The Hall–Kier alpha value is -2.11. The lowest BCUT2D eigenvalue weighted by Crippen LogP contribution is -2.43. The fourth-order valence-electron chi connectivity index (χ4n) is 2.76. The van der Waals surface area contributed by atoms with E-state index in [0.717, 1.165) is 25.9 Å². The third kappa shape index (κ3) is 2.45. The summed E-state index contributed by atoms with van der Waals surface area (Å²) < 4.78 is 3.81. The molecule has 1 fully saturated rings. The highest BCUT2D eigenvalue weighted by atomic mass is 16.2. The molecule has 20 heavy (non-hydrogen) atoms. The summed E-state index contributed by atoms with van der Waals surface area (Å²) in [6.07, 6.45) is 11.1. The van der Waals surface area contributed by atoms with Crippen LogP contribution in [0.25, 0.3) is 0 Å². The number of carbonyl (C=O) groups is 1. The highest BCUT2D eigenvalue weighted by Gasteiger charge is 2.28. The van der Waals surface area contributed by atoms with Gasteiger partial charge in [0.1, 0.15) is 6.04 Å². The van der Waals surface area contributed by atoms with E-state index in [1.807, 2.05) is 39.5 Å². The summed E-state index contributed by atoms with van der Waals surface area (Å²) in [5, 5.41) is 4.29. The second-order valence-corrected chi connectivity index (χ2v) is 5.25. The number of carbonyl (C=O) groups excluding carboxylic acids is 1. The molecular weight excluding hydrogens is 254 g/mol. The van der Waals surface area contributed by atoms with Crippen LogP contribution in [0.4, 0.5) is 0 Å². The minimum atomic E-state index is -0.200. The second kappa shape index (κ2) is 5.48. The average Bonchev–Trinajstić information content (AvgIpc) is 3.18. The third-order valence-electron chi connectivity index (χ3n) is 3.94. The molecule has 2 aromatic rings. The summed E-state index contributed by atoms with van der Waals surface area (Å²) in [6.45, 7) is 3.48. The molecule has 0 aliphatic carbocycles. The van der Waals surface area contributed by atoms with Crippen molar-refractivity contribution in [3.8, 4) is 0 Å². The van der Waals surface area contributed by atoms with Crippen molar-refractivity contribution in [1.29, 1.82) is 0 Å². The SMILES string of the molecule is C[C@@H](C(=O)N1CCC[C@@H](n2cccn2)C1)n1ccnc1. The van der Waals surface area contributed by atoms with E-state index >= 15 is 0 Å². The number of nitrogens with zero attached hydrogens (tertiary/aromatic N) is 5. The van der Waals surface area contributed by atoms with Gasteiger partial charge in [0, 0.05) is 37.9 Å². The second-order valence-electron chi connectivity index (χ2n) is 5.25. The first-order chi connectivity index (χ1) is 9.75. The van der Waals surface area contributed by atoms with E-state index < -0.39 is 0 Å². The summed E-state index contributed by atoms with van der Waals surface area (Å²) in [6, 6.07) is 2.01. The number of rotatable bonds is 3. The van der Waals surface area contributed by atoms with Crippen LogP contribution in [0.5, 0.6) is 0 Å². The molecule has 3 rings (SSSR count). The zero-order valence-electron chi connectivity index (χ0n) is 11.6. The van der Waals surface area contributed by atoms with Crippen molar-refractivity contribution in [2.24, 2.45) is 0 Å². The molecule has 6 heteroatoms. The molecule has 1 aliphatic heterocycles. The highest BCUT2D eigenvalue weighted by molar-refractivity contribution is 5.80. The van der Waals surface area contributed by atoms with Crippen LogP contribution in [-0.4, -0.2) is 43.2 Å². The van der Waals surface area contributed by atoms with E-state index in [2.05, 4.69) is 10.1 Å². The smallest absolute Gasteiger partial charge is 0.245 e. The van der Waals surface area contributed by atoms with Gasteiger partial charge in [-0.05, 0) is 25.8 Å². The standard InChI is InChI=1S/C14H19N5O/c1-12(18-9-6-15-11-18)14(20)17-7-2-4-13(10-17)19-8-3-5-16-19/h3,5-6,8-9,11-13H,2,4,7,10H2,1H3/t12-,13+/m0/s1. The van der Waals surface area contributed by atoms with Crippen molar-refractivity contribution in [2.45, 2.75) is 31.8 Å². The van der Waals surface area contributed by atoms with E-state index in [9.17, 15) is 4.79 Å². The number of amides is 1. The monoisotopic (exact) mass is 273 g/mol. The molecule has 1 saturated heterocycles.